The first-order chi connectivity index (χ1) is 16.2. The summed E-state index contributed by atoms with van der Waals surface area (Å²) in [5, 5.41) is 10.7. The van der Waals surface area contributed by atoms with Crippen LogP contribution < -0.4 is 9.62 Å². The lowest BCUT2D eigenvalue weighted by molar-refractivity contribution is -0.384. The van der Waals surface area contributed by atoms with Crippen LogP contribution in [0.15, 0.2) is 83.8 Å². The molecule has 8 nitrogen and oxygen atoms in total. The fourth-order valence-corrected chi connectivity index (χ4v) is 5.13. The number of hydrogen-bond donors (Lipinski definition) is 1. The van der Waals surface area contributed by atoms with Gasteiger partial charge in [0.2, 0.25) is 10.0 Å². The molecule has 1 N–H and O–H groups in total. The zero-order valence-electron chi connectivity index (χ0n) is 18.4. The summed E-state index contributed by atoms with van der Waals surface area (Å²) in [5.41, 5.74) is 3.47. The minimum Gasteiger partial charge on any atom is -0.312 e. The molecule has 9 heteroatoms. The second-order valence-corrected chi connectivity index (χ2v) is 9.78. The molecule has 34 heavy (non-hydrogen) atoms. The van der Waals surface area contributed by atoms with Crippen LogP contribution >= 0.6 is 0 Å². The van der Waals surface area contributed by atoms with Crippen molar-refractivity contribution in [3.05, 3.63) is 106 Å². The van der Waals surface area contributed by atoms with Gasteiger partial charge in [-0.15, -0.1) is 0 Å². The van der Waals surface area contributed by atoms with Gasteiger partial charge in [-0.1, -0.05) is 24.3 Å². The van der Waals surface area contributed by atoms with Gasteiger partial charge in [0.15, 0.2) is 0 Å². The highest BCUT2D eigenvalue weighted by atomic mass is 32.2. The van der Waals surface area contributed by atoms with Crippen molar-refractivity contribution >= 4 is 33.4 Å². The second-order valence-electron chi connectivity index (χ2n) is 8.07. The van der Waals surface area contributed by atoms with Gasteiger partial charge < -0.3 is 4.90 Å². The van der Waals surface area contributed by atoms with E-state index in [1.54, 1.807) is 37.4 Å². The number of nitro benzene ring substituents is 1. The molecule has 1 amide bonds. The van der Waals surface area contributed by atoms with Gasteiger partial charge in [-0.05, 0) is 72.0 Å². The molecule has 0 saturated heterocycles. The Bertz CT molecular complexity index is 1330. The number of fused-ring (bicyclic) bond motifs is 1. The number of amides is 1. The normalized spacial score (nSPS) is 13.7. The molecule has 0 aromatic heterocycles. The van der Waals surface area contributed by atoms with Crippen LogP contribution in [-0.2, 0) is 27.7 Å². The minimum atomic E-state index is -3.70. The standard InChI is InChI=1S/C25H23N3O5S/c1-27(25(29)15-8-18-6-9-23(10-7-18)28(30)31)22-11-13-24(14-12-22)34(32,33)26-21-16-19-4-2-3-5-20(19)17-21/h2-15,21,26H,16-17H2,1H3/b15-8+. The molecule has 0 atom stereocenters. The maximum Gasteiger partial charge on any atom is 0.269 e. The third kappa shape index (κ3) is 5.22. The number of sulfonamides is 1. The first kappa shape index (κ1) is 23.3. The number of benzene rings is 3. The monoisotopic (exact) mass is 477 g/mol. The van der Waals surface area contributed by atoms with Crippen LogP contribution in [0.3, 0.4) is 0 Å². The lowest BCUT2D eigenvalue weighted by atomic mass is 10.1. The van der Waals surface area contributed by atoms with Crippen molar-refractivity contribution in [2.45, 2.75) is 23.8 Å². The molecule has 1 aliphatic carbocycles. The van der Waals surface area contributed by atoms with Gasteiger partial charge in [-0.2, -0.15) is 0 Å². The van der Waals surface area contributed by atoms with E-state index in [0.717, 1.165) is 11.1 Å². The molecule has 0 spiro atoms. The molecule has 0 radical (unpaired) electrons. The number of carbonyl (C=O) groups excluding carboxylic acids is 1. The first-order valence-electron chi connectivity index (χ1n) is 10.6. The lowest BCUT2D eigenvalue weighted by Gasteiger charge is -2.17. The maximum absolute atomic E-state index is 12.8. The molecular weight excluding hydrogens is 454 g/mol. The van der Waals surface area contributed by atoms with Crippen molar-refractivity contribution in [2.24, 2.45) is 0 Å². The van der Waals surface area contributed by atoms with E-state index in [-0.39, 0.29) is 22.5 Å². The Morgan fingerprint density at radius 3 is 2.15 bits per heavy atom. The quantitative estimate of drug-likeness (QED) is 0.317. The number of rotatable bonds is 7. The van der Waals surface area contributed by atoms with Crippen LogP contribution in [0.25, 0.3) is 6.08 Å². The summed E-state index contributed by atoms with van der Waals surface area (Å²) in [5.74, 6) is -0.323. The molecular formula is C25H23N3O5S. The summed E-state index contributed by atoms with van der Waals surface area (Å²) in [7, 11) is -2.11. The molecule has 174 valence electrons. The van der Waals surface area contributed by atoms with Gasteiger partial charge in [0.25, 0.3) is 11.6 Å². The van der Waals surface area contributed by atoms with E-state index >= 15 is 0 Å². The van der Waals surface area contributed by atoms with Gasteiger partial charge in [0, 0.05) is 37.0 Å². The Kier molecular flexibility index (Phi) is 6.58. The molecule has 0 unspecified atom stereocenters. The number of non-ortho nitro benzene ring substituents is 1. The Labute approximate surface area is 197 Å². The third-order valence-corrected chi connectivity index (χ3v) is 7.30. The van der Waals surface area contributed by atoms with Crippen molar-refractivity contribution in [3.63, 3.8) is 0 Å². The van der Waals surface area contributed by atoms with E-state index in [1.807, 2.05) is 24.3 Å². The van der Waals surface area contributed by atoms with Crippen molar-refractivity contribution in [2.75, 3.05) is 11.9 Å². The smallest absolute Gasteiger partial charge is 0.269 e. The highest BCUT2D eigenvalue weighted by Crippen LogP contribution is 2.24. The van der Waals surface area contributed by atoms with E-state index in [9.17, 15) is 23.3 Å². The van der Waals surface area contributed by atoms with Crippen LogP contribution in [0.4, 0.5) is 11.4 Å². The van der Waals surface area contributed by atoms with Crippen molar-refractivity contribution < 1.29 is 18.1 Å². The van der Waals surface area contributed by atoms with E-state index in [0.29, 0.717) is 24.1 Å². The molecule has 3 aromatic rings. The molecule has 1 aliphatic rings. The largest absolute Gasteiger partial charge is 0.312 e. The molecule has 4 rings (SSSR count). The Balaban J connectivity index is 1.39. The maximum atomic E-state index is 12.8. The van der Waals surface area contributed by atoms with Gasteiger partial charge in [-0.3, -0.25) is 14.9 Å². The highest BCUT2D eigenvalue weighted by molar-refractivity contribution is 7.89. The Morgan fingerprint density at radius 1 is 1.00 bits per heavy atom. The van der Waals surface area contributed by atoms with Crippen LogP contribution in [0.5, 0.6) is 0 Å². The summed E-state index contributed by atoms with van der Waals surface area (Å²) in [6.07, 6.45) is 4.23. The van der Waals surface area contributed by atoms with Crippen molar-refractivity contribution in [3.8, 4) is 0 Å². The van der Waals surface area contributed by atoms with Crippen LogP contribution in [0, 0.1) is 10.1 Å². The molecule has 0 saturated carbocycles. The number of carbonyl (C=O) groups is 1. The average molecular weight is 478 g/mol. The van der Waals surface area contributed by atoms with Crippen molar-refractivity contribution in [1.82, 2.24) is 4.72 Å². The highest BCUT2D eigenvalue weighted by Gasteiger charge is 2.26. The van der Waals surface area contributed by atoms with Crippen LogP contribution in [0.2, 0.25) is 0 Å². The van der Waals surface area contributed by atoms with Crippen LogP contribution in [-0.4, -0.2) is 32.3 Å². The van der Waals surface area contributed by atoms with Crippen LogP contribution in [0.1, 0.15) is 16.7 Å². The predicted octanol–water partition coefficient (Wildman–Crippen LogP) is 3.72. The third-order valence-electron chi connectivity index (χ3n) is 5.76. The Morgan fingerprint density at radius 2 is 1.59 bits per heavy atom. The summed E-state index contributed by atoms with van der Waals surface area (Å²) < 4.78 is 28.4. The molecule has 0 aliphatic heterocycles. The summed E-state index contributed by atoms with van der Waals surface area (Å²) >= 11 is 0. The SMILES string of the molecule is CN(C(=O)/C=C/c1ccc([N+](=O)[O-])cc1)c1ccc(S(=O)(=O)NC2Cc3ccccc3C2)cc1. The second kappa shape index (κ2) is 9.58. The zero-order valence-corrected chi connectivity index (χ0v) is 19.2. The summed E-state index contributed by atoms with van der Waals surface area (Å²) in [6.45, 7) is 0. The lowest BCUT2D eigenvalue weighted by Crippen LogP contribution is -2.35. The van der Waals surface area contributed by atoms with Gasteiger partial charge >= 0.3 is 0 Å². The first-order valence-corrected chi connectivity index (χ1v) is 12.1. The number of anilines is 1. The predicted molar refractivity (Wildman–Crippen MR) is 130 cm³/mol. The number of hydrogen-bond acceptors (Lipinski definition) is 5. The van der Waals surface area contributed by atoms with E-state index in [4.69, 9.17) is 0 Å². The number of nitro groups is 1. The number of likely N-dealkylation sites (N-methyl/N-ethyl adjacent to an activating group) is 1. The van der Waals surface area contributed by atoms with E-state index in [2.05, 4.69) is 4.72 Å². The van der Waals surface area contributed by atoms with E-state index in [1.165, 1.54) is 35.2 Å². The number of nitrogens with zero attached hydrogens (tertiary/aromatic N) is 2. The fourth-order valence-electron chi connectivity index (χ4n) is 3.89. The molecule has 0 heterocycles. The fraction of sp³-hybridized carbons (Fsp3) is 0.160. The van der Waals surface area contributed by atoms with Crippen molar-refractivity contribution in [1.29, 1.82) is 0 Å². The van der Waals surface area contributed by atoms with Gasteiger partial charge in [0.05, 0.1) is 9.82 Å². The Hall–Kier alpha value is -3.82. The average Bonchev–Trinajstić information content (AvgIpc) is 3.24. The summed E-state index contributed by atoms with van der Waals surface area (Å²) in [6, 6.07) is 19.7. The van der Waals surface area contributed by atoms with Gasteiger partial charge in [0.1, 0.15) is 0 Å². The number of nitrogens with one attached hydrogen (secondary N) is 1. The molecule has 3 aromatic carbocycles. The topological polar surface area (TPSA) is 110 Å². The molecule has 0 fully saturated rings. The molecule has 0 bridgehead atoms. The summed E-state index contributed by atoms with van der Waals surface area (Å²) in [4.78, 5) is 24.3. The van der Waals surface area contributed by atoms with Gasteiger partial charge in [-0.25, -0.2) is 13.1 Å². The van der Waals surface area contributed by atoms with E-state index < -0.39 is 14.9 Å². The zero-order chi connectivity index (χ0) is 24.3. The minimum absolute atomic E-state index is 0.0254.